The van der Waals surface area contributed by atoms with Crippen molar-refractivity contribution < 1.29 is 18.7 Å². The molecule has 0 aliphatic rings. The maximum absolute atomic E-state index is 14.0. The maximum atomic E-state index is 14.0. The number of carbonyl (C=O) groups is 1. The van der Waals surface area contributed by atoms with Crippen LogP contribution in [0.2, 0.25) is 0 Å². The number of nitrogens with zero attached hydrogens (tertiary/aromatic N) is 3. The Kier molecular flexibility index (Phi) is 7.40. The molecule has 2 aromatic carbocycles. The normalized spacial score (nSPS) is 11.0. The van der Waals surface area contributed by atoms with Crippen LogP contribution in [0.1, 0.15) is 29.0 Å². The van der Waals surface area contributed by atoms with Gasteiger partial charge in [-0.2, -0.15) is 0 Å². The highest BCUT2D eigenvalue weighted by molar-refractivity contribution is 7.15. The number of amides is 1. The Morgan fingerprint density at radius 2 is 1.91 bits per heavy atom. The molecule has 0 spiro atoms. The molecule has 1 amide bonds. The van der Waals surface area contributed by atoms with Crippen LogP contribution in [0.15, 0.2) is 47.5 Å². The van der Waals surface area contributed by atoms with E-state index >= 15 is 0 Å². The maximum Gasteiger partial charge on any atom is 0.261 e. The van der Waals surface area contributed by atoms with Crippen LogP contribution in [-0.4, -0.2) is 34.7 Å². The minimum Gasteiger partial charge on any atom is -0.493 e. The average Bonchev–Trinajstić information content (AvgIpc) is 3.19. The number of benzene rings is 2. The van der Waals surface area contributed by atoms with Crippen LogP contribution in [0.3, 0.4) is 0 Å². The van der Waals surface area contributed by atoms with Gasteiger partial charge in [0.15, 0.2) is 16.6 Å². The molecule has 0 radical (unpaired) electrons. The standard InChI is InChI=1S/C25H25FN4O4S/c1-15-22(11-16-7-4-5-8-18(16)26)35-25(28-15)29-23(31)9-6-10-30-14-27-19-13-21(34-3)20(33-2)12-17(19)24(30)32/h4-5,7-8,12-14H,6,9-11H2,1-3H3,(H,28,29,31). The molecule has 2 aromatic heterocycles. The summed E-state index contributed by atoms with van der Waals surface area (Å²) in [6, 6.07) is 9.88. The van der Waals surface area contributed by atoms with Crippen LogP contribution in [0.5, 0.6) is 11.5 Å². The Bertz CT molecular complexity index is 1430. The summed E-state index contributed by atoms with van der Waals surface area (Å²) in [6.07, 6.45) is 2.53. The lowest BCUT2D eigenvalue weighted by Gasteiger charge is -2.10. The van der Waals surface area contributed by atoms with Crippen LogP contribution >= 0.6 is 11.3 Å². The minimum absolute atomic E-state index is 0.204. The molecule has 10 heteroatoms. The van der Waals surface area contributed by atoms with Crippen LogP contribution in [0.25, 0.3) is 10.9 Å². The highest BCUT2D eigenvalue weighted by Gasteiger charge is 2.14. The molecule has 0 unspecified atom stereocenters. The SMILES string of the molecule is COc1cc2ncn(CCCC(=O)Nc3nc(C)c(Cc4ccccc4F)s3)c(=O)c2cc1OC. The van der Waals surface area contributed by atoms with Crippen LogP contribution in [0.4, 0.5) is 9.52 Å². The van der Waals surface area contributed by atoms with Crippen molar-refractivity contribution in [3.8, 4) is 11.5 Å². The predicted molar refractivity (Wildman–Crippen MR) is 133 cm³/mol. The van der Waals surface area contributed by atoms with Crippen molar-refractivity contribution in [2.75, 3.05) is 19.5 Å². The number of hydrogen-bond donors (Lipinski definition) is 1. The Labute approximate surface area is 205 Å². The molecule has 0 bridgehead atoms. The summed E-state index contributed by atoms with van der Waals surface area (Å²) >= 11 is 1.33. The molecule has 0 fully saturated rings. The third-order valence-electron chi connectivity index (χ3n) is 5.58. The summed E-state index contributed by atoms with van der Waals surface area (Å²) in [5, 5.41) is 3.69. The van der Waals surface area contributed by atoms with E-state index in [-0.39, 0.29) is 23.7 Å². The first-order chi connectivity index (χ1) is 16.9. The summed E-state index contributed by atoms with van der Waals surface area (Å²) in [7, 11) is 3.02. The van der Waals surface area contributed by atoms with Gasteiger partial charge in [-0.05, 0) is 31.0 Å². The van der Waals surface area contributed by atoms with Crippen molar-refractivity contribution in [3.63, 3.8) is 0 Å². The number of nitrogens with one attached hydrogen (secondary N) is 1. The van der Waals surface area contributed by atoms with E-state index in [0.717, 1.165) is 10.6 Å². The molecule has 4 rings (SSSR count). The lowest BCUT2D eigenvalue weighted by Crippen LogP contribution is -2.22. The van der Waals surface area contributed by atoms with Gasteiger partial charge in [0, 0.05) is 30.3 Å². The average molecular weight is 497 g/mol. The smallest absolute Gasteiger partial charge is 0.261 e. The highest BCUT2D eigenvalue weighted by atomic mass is 32.1. The first-order valence-electron chi connectivity index (χ1n) is 11.0. The summed E-state index contributed by atoms with van der Waals surface area (Å²) < 4.78 is 26.0. The number of fused-ring (bicyclic) bond motifs is 1. The van der Waals surface area contributed by atoms with E-state index in [2.05, 4.69) is 15.3 Å². The summed E-state index contributed by atoms with van der Waals surface area (Å²) in [5.74, 6) is 0.478. The second-order valence-electron chi connectivity index (χ2n) is 7.91. The Morgan fingerprint density at radius 3 is 2.66 bits per heavy atom. The first-order valence-corrected chi connectivity index (χ1v) is 11.8. The number of aryl methyl sites for hydroxylation is 2. The number of carbonyl (C=O) groups excluding carboxylic acids is 1. The molecule has 0 saturated heterocycles. The van der Waals surface area contributed by atoms with Gasteiger partial charge in [0.25, 0.3) is 5.56 Å². The van der Waals surface area contributed by atoms with Crippen molar-refractivity contribution in [1.82, 2.24) is 14.5 Å². The lowest BCUT2D eigenvalue weighted by molar-refractivity contribution is -0.116. The molecule has 4 aromatic rings. The molecule has 1 N–H and O–H groups in total. The van der Waals surface area contributed by atoms with E-state index in [1.165, 1.54) is 42.5 Å². The zero-order valence-corrected chi connectivity index (χ0v) is 20.4. The third kappa shape index (κ3) is 5.48. The predicted octanol–water partition coefficient (Wildman–Crippen LogP) is 4.33. The number of hydrogen-bond acceptors (Lipinski definition) is 7. The van der Waals surface area contributed by atoms with E-state index < -0.39 is 0 Å². The van der Waals surface area contributed by atoms with Crippen molar-refractivity contribution in [2.45, 2.75) is 32.7 Å². The van der Waals surface area contributed by atoms with E-state index in [0.29, 0.717) is 52.5 Å². The summed E-state index contributed by atoms with van der Waals surface area (Å²) in [6.45, 7) is 2.17. The van der Waals surface area contributed by atoms with Crippen molar-refractivity contribution in [3.05, 3.63) is 75.0 Å². The first kappa shape index (κ1) is 24.3. The number of rotatable bonds is 9. The minimum atomic E-state index is -0.262. The van der Waals surface area contributed by atoms with Crippen LogP contribution in [-0.2, 0) is 17.8 Å². The molecule has 0 aliphatic carbocycles. The number of ether oxygens (including phenoxy) is 2. The van der Waals surface area contributed by atoms with Crippen LogP contribution < -0.4 is 20.3 Å². The molecule has 8 nitrogen and oxygen atoms in total. The Balaban J connectivity index is 1.37. The third-order valence-corrected chi connectivity index (χ3v) is 6.65. The van der Waals surface area contributed by atoms with Gasteiger partial charge in [-0.25, -0.2) is 14.4 Å². The highest BCUT2D eigenvalue weighted by Crippen LogP contribution is 2.30. The molecule has 0 atom stereocenters. The number of thiazole rings is 1. The van der Waals surface area contributed by atoms with E-state index in [9.17, 15) is 14.0 Å². The van der Waals surface area contributed by atoms with Gasteiger partial charge in [-0.1, -0.05) is 18.2 Å². The summed E-state index contributed by atoms with van der Waals surface area (Å²) in [5.41, 5.74) is 1.63. The Hall–Kier alpha value is -3.79. The number of anilines is 1. The molecular formula is C25H25FN4O4S. The Morgan fingerprint density at radius 1 is 1.17 bits per heavy atom. The van der Waals surface area contributed by atoms with Gasteiger partial charge in [0.1, 0.15) is 5.82 Å². The monoisotopic (exact) mass is 496 g/mol. The zero-order valence-electron chi connectivity index (χ0n) is 19.6. The van der Waals surface area contributed by atoms with Crippen molar-refractivity contribution in [2.24, 2.45) is 0 Å². The lowest BCUT2D eigenvalue weighted by atomic mass is 10.1. The second-order valence-corrected chi connectivity index (χ2v) is 9.00. The second kappa shape index (κ2) is 10.6. The number of methoxy groups -OCH3 is 2. The van der Waals surface area contributed by atoms with Crippen LogP contribution in [0, 0.1) is 12.7 Å². The van der Waals surface area contributed by atoms with Gasteiger partial charge in [-0.15, -0.1) is 11.3 Å². The fourth-order valence-corrected chi connectivity index (χ4v) is 4.70. The molecule has 35 heavy (non-hydrogen) atoms. The van der Waals surface area contributed by atoms with Gasteiger partial charge in [-0.3, -0.25) is 14.2 Å². The van der Waals surface area contributed by atoms with E-state index in [4.69, 9.17) is 9.47 Å². The fourth-order valence-electron chi connectivity index (χ4n) is 3.70. The largest absolute Gasteiger partial charge is 0.493 e. The molecule has 2 heterocycles. The van der Waals surface area contributed by atoms with Gasteiger partial charge >= 0.3 is 0 Å². The quantitative estimate of drug-likeness (QED) is 0.371. The molecular weight excluding hydrogens is 471 g/mol. The molecule has 0 saturated carbocycles. The van der Waals surface area contributed by atoms with Gasteiger partial charge < -0.3 is 14.8 Å². The topological polar surface area (TPSA) is 95.3 Å². The van der Waals surface area contributed by atoms with Gasteiger partial charge in [0.2, 0.25) is 5.91 Å². The van der Waals surface area contributed by atoms with E-state index in [1.54, 1.807) is 30.3 Å². The summed E-state index contributed by atoms with van der Waals surface area (Å²) in [4.78, 5) is 34.9. The van der Waals surface area contributed by atoms with E-state index in [1.807, 2.05) is 6.92 Å². The van der Waals surface area contributed by atoms with Crippen molar-refractivity contribution in [1.29, 1.82) is 0 Å². The van der Waals surface area contributed by atoms with Gasteiger partial charge in [0.05, 0.1) is 37.1 Å². The van der Waals surface area contributed by atoms with Crippen molar-refractivity contribution >= 4 is 33.3 Å². The zero-order chi connectivity index (χ0) is 24.9. The fraction of sp³-hybridized carbons (Fsp3) is 0.280. The molecule has 0 aliphatic heterocycles. The number of halogens is 1. The number of aromatic nitrogens is 3. The molecule has 182 valence electrons.